The highest BCUT2D eigenvalue weighted by Crippen LogP contribution is 2.43. The zero-order valence-electron chi connectivity index (χ0n) is 13.9. The number of halogens is 4. The molecular formula is C18H22F4N2O. The van der Waals surface area contributed by atoms with Gasteiger partial charge in [0.25, 0.3) is 0 Å². The first-order chi connectivity index (χ1) is 11.8. The summed E-state index contributed by atoms with van der Waals surface area (Å²) in [5, 5.41) is 5.99. The fraction of sp³-hybridized carbons (Fsp3) is 0.611. The van der Waals surface area contributed by atoms with E-state index in [0.29, 0.717) is 12.5 Å². The van der Waals surface area contributed by atoms with Gasteiger partial charge in [0.2, 0.25) is 5.91 Å². The van der Waals surface area contributed by atoms with Crippen molar-refractivity contribution in [2.24, 2.45) is 11.3 Å². The molecule has 0 radical (unpaired) electrons. The Hall–Kier alpha value is -1.63. The largest absolute Gasteiger partial charge is 0.416 e. The molecule has 3 nitrogen and oxygen atoms in total. The van der Waals surface area contributed by atoms with Gasteiger partial charge in [-0.3, -0.25) is 4.79 Å². The summed E-state index contributed by atoms with van der Waals surface area (Å²) in [6, 6.07) is 3.15. The third kappa shape index (κ3) is 4.32. The van der Waals surface area contributed by atoms with E-state index >= 15 is 0 Å². The maximum atomic E-state index is 12.9. The Labute approximate surface area is 144 Å². The number of hydrogen-bond acceptors (Lipinski definition) is 2. The van der Waals surface area contributed by atoms with Crippen molar-refractivity contribution >= 4 is 5.91 Å². The van der Waals surface area contributed by atoms with Crippen molar-refractivity contribution in [2.75, 3.05) is 13.1 Å². The third-order valence-electron chi connectivity index (χ3n) is 5.09. The molecule has 0 aromatic heterocycles. The van der Waals surface area contributed by atoms with Crippen molar-refractivity contribution in [3.05, 3.63) is 34.9 Å². The van der Waals surface area contributed by atoms with Gasteiger partial charge in [-0.1, -0.05) is 18.9 Å². The second kappa shape index (κ2) is 6.94. The minimum absolute atomic E-state index is 0.0256. The predicted molar refractivity (Wildman–Crippen MR) is 85.4 cm³/mol. The first-order valence-corrected chi connectivity index (χ1v) is 8.57. The number of carbonyl (C=O) groups excluding carboxylic acids is 1. The van der Waals surface area contributed by atoms with Gasteiger partial charge in [0.15, 0.2) is 0 Å². The molecule has 1 amide bonds. The van der Waals surface area contributed by atoms with E-state index in [9.17, 15) is 22.4 Å². The second-order valence-electron chi connectivity index (χ2n) is 7.21. The van der Waals surface area contributed by atoms with E-state index in [1.807, 2.05) is 0 Å². The standard InChI is InChI=1S/C18H22F4N2O/c19-9-13-5-14(7-15(6-13)18(20,21)22)10-24-16(25)17(3-4-23-11-17)8-12-1-2-12/h5-7,12,23H,1-4,8-11H2,(H,24,25). The SMILES string of the molecule is O=C(NCc1cc(CF)cc(C(F)(F)F)c1)C1(CC2CC2)CCNC1. The van der Waals surface area contributed by atoms with E-state index in [-0.39, 0.29) is 23.6 Å². The zero-order chi connectivity index (χ0) is 18.1. The Balaban J connectivity index is 1.70. The molecule has 1 saturated heterocycles. The lowest BCUT2D eigenvalue weighted by atomic mass is 9.80. The predicted octanol–water partition coefficient (Wildman–Crippen LogP) is 3.57. The van der Waals surface area contributed by atoms with E-state index in [0.717, 1.165) is 44.4 Å². The van der Waals surface area contributed by atoms with Gasteiger partial charge in [-0.2, -0.15) is 13.2 Å². The van der Waals surface area contributed by atoms with Crippen LogP contribution in [0.4, 0.5) is 17.6 Å². The molecule has 0 bridgehead atoms. The molecule has 1 saturated carbocycles. The maximum absolute atomic E-state index is 12.9. The minimum Gasteiger partial charge on any atom is -0.352 e. The molecule has 1 unspecified atom stereocenters. The Morgan fingerprint density at radius 3 is 2.52 bits per heavy atom. The Bertz CT molecular complexity index is 634. The monoisotopic (exact) mass is 358 g/mol. The summed E-state index contributed by atoms with van der Waals surface area (Å²) in [6.45, 7) is 0.381. The van der Waals surface area contributed by atoms with Gasteiger partial charge in [0, 0.05) is 13.1 Å². The van der Waals surface area contributed by atoms with E-state index in [1.54, 1.807) is 0 Å². The van der Waals surface area contributed by atoms with Gasteiger partial charge >= 0.3 is 6.18 Å². The molecule has 1 aromatic carbocycles. The van der Waals surface area contributed by atoms with Crippen LogP contribution in [0.1, 0.15) is 42.4 Å². The summed E-state index contributed by atoms with van der Waals surface area (Å²) < 4.78 is 51.6. The highest BCUT2D eigenvalue weighted by Gasteiger charge is 2.44. The average molecular weight is 358 g/mol. The van der Waals surface area contributed by atoms with Crippen LogP contribution in [-0.2, 0) is 24.2 Å². The van der Waals surface area contributed by atoms with Crippen LogP contribution < -0.4 is 10.6 Å². The molecule has 1 aliphatic carbocycles. The van der Waals surface area contributed by atoms with E-state index in [4.69, 9.17) is 0 Å². The van der Waals surface area contributed by atoms with E-state index in [1.165, 1.54) is 6.07 Å². The lowest BCUT2D eigenvalue weighted by molar-refractivity contribution is -0.137. The second-order valence-corrected chi connectivity index (χ2v) is 7.21. The molecule has 7 heteroatoms. The fourth-order valence-electron chi connectivity index (χ4n) is 3.55. The molecule has 25 heavy (non-hydrogen) atoms. The van der Waals surface area contributed by atoms with Crippen molar-refractivity contribution in [2.45, 2.75) is 45.1 Å². The average Bonchev–Trinajstić information content (AvgIpc) is 3.25. The van der Waals surface area contributed by atoms with Crippen molar-refractivity contribution in [3.8, 4) is 0 Å². The summed E-state index contributed by atoms with van der Waals surface area (Å²) in [5.74, 6) is 0.459. The van der Waals surface area contributed by atoms with E-state index in [2.05, 4.69) is 10.6 Å². The smallest absolute Gasteiger partial charge is 0.352 e. The summed E-state index contributed by atoms with van der Waals surface area (Å²) in [7, 11) is 0. The molecule has 2 fully saturated rings. The number of alkyl halides is 4. The molecular weight excluding hydrogens is 336 g/mol. The van der Waals surface area contributed by atoms with Crippen LogP contribution in [0.3, 0.4) is 0 Å². The summed E-state index contributed by atoms with van der Waals surface area (Å²) in [6.07, 6.45) is -0.685. The molecule has 2 aliphatic rings. The molecule has 1 aliphatic heterocycles. The number of nitrogens with one attached hydrogen (secondary N) is 2. The first-order valence-electron chi connectivity index (χ1n) is 8.57. The Kier molecular flexibility index (Phi) is 5.04. The molecule has 1 aromatic rings. The van der Waals surface area contributed by atoms with Gasteiger partial charge in [-0.05, 0) is 48.6 Å². The third-order valence-corrected chi connectivity index (χ3v) is 5.09. The lowest BCUT2D eigenvalue weighted by Crippen LogP contribution is -2.42. The lowest BCUT2D eigenvalue weighted by Gasteiger charge is -2.27. The van der Waals surface area contributed by atoms with Gasteiger partial charge in [-0.25, -0.2) is 4.39 Å². The van der Waals surface area contributed by atoms with Crippen molar-refractivity contribution in [3.63, 3.8) is 0 Å². The van der Waals surface area contributed by atoms with Crippen molar-refractivity contribution < 1.29 is 22.4 Å². The Morgan fingerprint density at radius 1 is 1.24 bits per heavy atom. The van der Waals surface area contributed by atoms with Gasteiger partial charge in [0.1, 0.15) is 6.67 Å². The Morgan fingerprint density at radius 2 is 1.96 bits per heavy atom. The van der Waals surface area contributed by atoms with Gasteiger partial charge in [0.05, 0.1) is 11.0 Å². The molecule has 0 spiro atoms. The number of benzene rings is 1. The summed E-state index contributed by atoms with van der Waals surface area (Å²) >= 11 is 0. The molecule has 2 N–H and O–H groups in total. The molecule has 1 atom stereocenters. The highest BCUT2D eigenvalue weighted by atomic mass is 19.4. The molecule has 1 heterocycles. The quantitative estimate of drug-likeness (QED) is 0.764. The summed E-state index contributed by atoms with van der Waals surface area (Å²) in [5.41, 5.74) is -1.12. The number of amides is 1. The van der Waals surface area contributed by atoms with Crippen LogP contribution in [0.2, 0.25) is 0 Å². The van der Waals surface area contributed by atoms with Crippen LogP contribution >= 0.6 is 0 Å². The molecule has 3 rings (SSSR count). The van der Waals surface area contributed by atoms with Gasteiger partial charge in [-0.15, -0.1) is 0 Å². The minimum atomic E-state index is -4.54. The number of hydrogen-bond donors (Lipinski definition) is 2. The first kappa shape index (κ1) is 18.2. The van der Waals surface area contributed by atoms with E-state index < -0.39 is 23.8 Å². The van der Waals surface area contributed by atoms with Crippen LogP contribution in [0.25, 0.3) is 0 Å². The zero-order valence-corrected chi connectivity index (χ0v) is 13.9. The number of rotatable bonds is 6. The van der Waals surface area contributed by atoms with Crippen LogP contribution in [0.15, 0.2) is 18.2 Å². The van der Waals surface area contributed by atoms with Crippen molar-refractivity contribution in [1.29, 1.82) is 0 Å². The summed E-state index contributed by atoms with van der Waals surface area (Å²) in [4.78, 5) is 12.7. The molecule has 138 valence electrons. The van der Waals surface area contributed by atoms with Crippen LogP contribution in [0.5, 0.6) is 0 Å². The topological polar surface area (TPSA) is 41.1 Å². The normalized spacial score (nSPS) is 23.7. The van der Waals surface area contributed by atoms with Crippen LogP contribution in [0, 0.1) is 11.3 Å². The maximum Gasteiger partial charge on any atom is 0.416 e. The van der Waals surface area contributed by atoms with Crippen molar-refractivity contribution in [1.82, 2.24) is 10.6 Å². The van der Waals surface area contributed by atoms with Crippen LogP contribution in [-0.4, -0.2) is 19.0 Å². The fourth-order valence-corrected chi connectivity index (χ4v) is 3.55. The highest BCUT2D eigenvalue weighted by molar-refractivity contribution is 5.83. The van der Waals surface area contributed by atoms with Gasteiger partial charge < -0.3 is 10.6 Å². The number of carbonyl (C=O) groups is 1.